The fourth-order valence-corrected chi connectivity index (χ4v) is 2.49. The number of H-pyrrole nitrogens is 1. The smallest absolute Gasteiger partial charge is 0.267 e. The number of rotatable bonds is 4. The van der Waals surface area contributed by atoms with Crippen molar-refractivity contribution in [2.45, 2.75) is 0 Å². The summed E-state index contributed by atoms with van der Waals surface area (Å²) in [6.07, 6.45) is 0. The molecule has 3 rings (SSSR count). The topological polar surface area (TPSA) is 57.4 Å². The number of hydrogen-bond acceptors (Lipinski definition) is 3. The van der Waals surface area contributed by atoms with Crippen LogP contribution in [0.25, 0.3) is 10.9 Å². The number of carbonyl (C=O) groups is 1. The number of amides is 1. The molecule has 2 N–H and O–H groups in total. The highest BCUT2D eigenvalue weighted by atomic mass is 19.1. The van der Waals surface area contributed by atoms with Gasteiger partial charge in [-0.05, 0) is 18.2 Å². The maximum Gasteiger partial charge on any atom is 0.267 e. The summed E-state index contributed by atoms with van der Waals surface area (Å²) in [5, 5.41) is 3.29. The minimum absolute atomic E-state index is 0.209. The minimum Gasteiger partial charge on any atom is -0.379 e. The van der Waals surface area contributed by atoms with Crippen molar-refractivity contribution in [2.24, 2.45) is 0 Å². The number of nitrogens with one attached hydrogen (secondary N) is 2. The molecule has 1 aliphatic heterocycles. The number of benzene rings is 1. The van der Waals surface area contributed by atoms with Gasteiger partial charge in [0, 0.05) is 37.1 Å². The van der Waals surface area contributed by atoms with E-state index in [-0.39, 0.29) is 11.7 Å². The molecule has 1 fully saturated rings. The van der Waals surface area contributed by atoms with E-state index in [0.717, 1.165) is 32.8 Å². The zero-order valence-corrected chi connectivity index (χ0v) is 11.7. The van der Waals surface area contributed by atoms with Gasteiger partial charge >= 0.3 is 0 Å². The SMILES string of the molecule is O=C(NCCN1CCOCC1)c1cc2c(F)cccc2[nH]1. The molecule has 1 aromatic carbocycles. The van der Waals surface area contributed by atoms with Crippen molar-refractivity contribution in [3.05, 3.63) is 35.8 Å². The van der Waals surface area contributed by atoms with Crippen LogP contribution in [0.2, 0.25) is 0 Å². The van der Waals surface area contributed by atoms with Gasteiger partial charge in [0.25, 0.3) is 5.91 Å². The van der Waals surface area contributed by atoms with E-state index in [4.69, 9.17) is 4.74 Å². The van der Waals surface area contributed by atoms with Crippen LogP contribution in [0.3, 0.4) is 0 Å². The second-order valence-electron chi connectivity index (χ2n) is 5.09. The van der Waals surface area contributed by atoms with Gasteiger partial charge in [-0.3, -0.25) is 9.69 Å². The van der Waals surface area contributed by atoms with Crippen molar-refractivity contribution in [1.29, 1.82) is 0 Å². The molecular formula is C15H18FN3O2. The van der Waals surface area contributed by atoms with Gasteiger partial charge in [0.1, 0.15) is 11.5 Å². The highest BCUT2D eigenvalue weighted by Crippen LogP contribution is 2.18. The summed E-state index contributed by atoms with van der Waals surface area (Å²) in [5.41, 5.74) is 1.02. The second kappa shape index (κ2) is 6.24. The predicted octanol–water partition coefficient (Wildman–Crippen LogP) is 1.37. The van der Waals surface area contributed by atoms with Gasteiger partial charge in [0.2, 0.25) is 0 Å². The van der Waals surface area contributed by atoms with Crippen LogP contribution >= 0.6 is 0 Å². The Morgan fingerprint density at radius 2 is 2.19 bits per heavy atom. The first kappa shape index (κ1) is 14.0. The average Bonchev–Trinajstić information content (AvgIpc) is 2.94. The van der Waals surface area contributed by atoms with E-state index in [1.807, 2.05) is 0 Å². The second-order valence-corrected chi connectivity index (χ2v) is 5.09. The molecule has 0 spiro atoms. The lowest BCUT2D eigenvalue weighted by atomic mass is 10.2. The number of halogens is 1. The fourth-order valence-electron chi connectivity index (χ4n) is 2.49. The Hall–Kier alpha value is -1.92. The van der Waals surface area contributed by atoms with Gasteiger partial charge in [-0.2, -0.15) is 0 Å². The van der Waals surface area contributed by atoms with E-state index < -0.39 is 0 Å². The maximum absolute atomic E-state index is 13.6. The number of carbonyl (C=O) groups excluding carboxylic acids is 1. The van der Waals surface area contributed by atoms with Crippen molar-refractivity contribution in [3.8, 4) is 0 Å². The first-order chi connectivity index (χ1) is 10.2. The molecular weight excluding hydrogens is 273 g/mol. The quantitative estimate of drug-likeness (QED) is 0.894. The van der Waals surface area contributed by atoms with Crippen LogP contribution in [0.5, 0.6) is 0 Å². The Kier molecular flexibility index (Phi) is 4.17. The van der Waals surface area contributed by atoms with Gasteiger partial charge < -0.3 is 15.0 Å². The number of fused-ring (bicyclic) bond motifs is 1. The number of ether oxygens (including phenoxy) is 1. The minimum atomic E-state index is -0.323. The molecule has 6 heteroatoms. The third kappa shape index (κ3) is 3.22. The van der Waals surface area contributed by atoms with E-state index in [1.54, 1.807) is 18.2 Å². The molecule has 0 atom stereocenters. The molecule has 0 saturated carbocycles. The summed E-state index contributed by atoms with van der Waals surface area (Å²) < 4.78 is 18.9. The average molecular weight is 291 g/mol. The highest BCUT2D eigenvalue weighted by molar-refractivity contribution is 5.98. The Balaban J connectivity index is 1.57. The fraction of sp³-hybridized carbons (Fsp3) is 0.400. The van der Waals surface area contributed by atoms with Gasteiger partial charge in [0.05, 0.1) is 13.2 Å². The number of hydrogen-bond donors (Lipinski definition) is 2. The van der Waals surface area contributed by atoms with Crippen LogP contribution in [0, 0.1) is 5.82 Å². The standard InChI is InChI=1S/C15H18FN3O2/c16-12-2-1-3-13-11(12)10-14(18-13)15(20)17-4-5-19-6-8-21-9-7-19/h1-3,10,18H,4-9H2,(H,17,20). The van der Waals surface area contributed by atoms with E-state index in [1.165, 1.54) is 6.07 Å². The van der Waals surface area contributed by atoms with E-state index in [0.29, 0.717) is 23.1 Å². The summed E-state index contributed by atoms with van der Waals surface area (Å²) in [6.45, 7) is 4.64. The molecule has 2 heterocycles. The molecule has 1 aromatic heterocycles. The van der Waals surface area contributed by atoms with Crippen LogP contribution < -0.4 is 5.32 Å². The maximum atomic E-state index is 13.6. The van der Waals surface area contributed by atoms with Crippen molar-refractivity contribution < 1.29 is 13.9 Å². The van der Waals surface area contributed by atoms with Crippen LogP contribution in [-0.2, 0) is 4.74 Å². The molecule has 2 aromatic rings. The van der Waals surface area contributed by atoms with Crippen LogP contribution in [-0.4, -0.2) is 55.2 Å². The van der Waals surface area contributed by atoms with Crippen molar-refractivity contribution in [1.82, 2.24) is 15.2 Å². The summed E-state index contributed by atoms with van der Waals surface area (Å²) in [7, 11) is 0. The molecule has 1 aliphatic rings. The molecule has 1 amide bonds. The molecule has 0 unspecified atom stereocenters. The lowest BCUT2D eigenvalue weighted by Crippen LogP contribution is -2.41. The molecule has 112 valence electrons. The normalized spacial score (nSPS) is 16.2. The van der Waals surface area contributed by atoms with E-state index in [9.17, 15) is 9.18 Å². The van der Waals surface area contributed by atoms with Crippen molar-refractivity contribution in [3.63, 3.8) is 0 Å². The van der Waals surface area contributed by atoms with Gasteiger partial charge in [-0.25, -0.2) is 4.39 Å². The Labute approximate surface area is 122 Å². The molecule has 0 bridgehead atoms. The summed E-state index contributed by atoms with van der Waals surface area (Å²) >= 11 is 0. The van der Waals surface area contributed by atoms with Crippen LogP contribution in [0.1, 0.15) is 10.5 Å². The van der Waals surface area contributed by atoms with Gasteiger partial charge in [-0.1, -0.05) is 6.07 Å². The summed E-state index contributed by atoms with van der Waals surface area (Å²) in [4.78, 5) is 17.2. The van der Waals surface area contributed by atoms with Crippen molar-refractivity contribution in [2.75, 3.05) is 39.4 Å². The van der Waals surface area contributed by atoms with Crippen molar-refractivity contribution >= 4 is 16.8 Å². The zero-order chi connectivity index (χ0) is 14.7. The Morgan fingerprint density at radius 1 is 1.38 bits per heavy atom. The first-order valence-corrected chi connectivity index (χ1v) is 7.09. The summed E-state index contributed by atoms with van der Waals surface area (Å²) in [6, 6.07) is 6.31. The van der Waals surface area contributed by atoms with E-state index in [2.05, 4.69) is 15.2 Å². The molecule has 21 heavy (non-hydrogen) atoms. The van der Waals surface area contributed by atoms with Crippen LogP contribution in [0.4, 0.5) is 4.39 Å². The lowest BCUT2D eigenvalue weighted by molar-refractivity contribution is 0.0383. The largest absolute Gasteiger partial charge is 0.379 e. The molecule has 0 aliphatic carbocycles. The lowest BCUT2D eigenvalue weighted by Gasteiger charge is -2.26. The highest BCUT2D eigenvalue weighted by Gasteiger charge is 2.13. The number of aromatic nitrogens is 1. The monoisotopic (exact) mass is 291 g/mol. The molecule has 0 radical (unpaired) electrons. The number of aromatic amines is 1. The van der Waals surface area contributed by atoms with E-state index >= 15 is 0 Å². The number of morpholine rings is 1. The molecule has 5 nitrogen and oxygen atoms in total. The third-order valence-corrected chi connectivity index (χ3v) is 3.67. The number of nitrogens with zero attached hydrogens (tertiary/aromatic N) is 1. The van der Waals surface area contributed by atoms with Crippen LogP contribution in [0.15, 0.2) is 24.3 Å². The molecule has 1 saturated heterocycles. The third-order valence-electron chi connectivity index (χ3n) is 3.67. The predicted molar refractivity (Wildman–Crippen MR) is 77.8 cm³/mol. The van der Waals surface area contributed by atoms with Gasteiger partial charge in [-0.15, -0.1) is 0 Å². The summed E-state index contributed by atoms with van der Waals surface area (Å²) in [5.74, 6) is -0.532. The Bertz CT molecular complexity index is 635. The zero-order valence-electron chi connectivity index (χ0n) is 11.7. The Morgan fingerprint density at radius 3 is 2.95 bits per heavy atom. The van der Waals surface area contributed by atoms with Gasteiger partial charge in [0.15, 0.2) is 0 Å². The first-order valence-electron chi connectivity index (χ1n) is 7.09.